The van der Waals surface area contributed by atoms with E-state index in [2.05, 4.69) is 86.8 Å². The Morgan fingerprint density at radius 3 is 0.788 bits per heavy atom. The van der Waals surface area contributed by atoms with Crippen molar-refractivity contribution in [2.24, 2.45) is 0 Å². The fraction of sp³-hybridized carbons (Fsp3) is 0.333. The van der Waals surface area contributed by atoms with Gasteiger partial charge in [0, 0.05) is 58.9 Å². The van der Waals surface area contributed by atoms with E-state index in [4.69, 9.17) is 0 Å². The first-order chi connectivity index (χ1) is 31.3. The molecule has 0 spiro atoms. The maximum absolute atomic E-state index is 12.5. The van der Waals surface area contributed by atoms with E-state index in [1.54, 1.807) is 18.2 Å². The Bertz CT molecular complexity index is 2480. The van der Waals surface area contributed by atoms with Gasteiger partial charge in [-0.05, 0) is 165 Å². The summed E-state index contributed by atoms with van der Waals surface area (Å²) in [5, 5.41) is 30.7. The van der Waals surface area contributed by atoms with Gasteiger partial charge < -0.3 is 15.3 Å². The molecule has 4 heterocycles. The lowest BCUT2D eigenvalue weighted by Gasteiger charge is -2.26. The molecule has 1 aliphatic heterocycles. The molecule has 3 N–H and O–H groups in total. The highest BCUT2D eigenvalue weighted by molar-refractivity contribution is 5.89. The molecule has 0 aliphatic carbocycles. The fourth-order valence-corrected chi connectivity index (χ4v) is 10.0. The summed E-state index contributed by atoms with van der Waals surface area (Å²) in [5.41, 5.74) is 17.0. The first-order valence-electron chi connectivity index (χ1n) is 22.5. The monoisotopic (exact) mass is 888 g/mol. The molecule has 1 saturated heterocycles. The van der Waals surface area contributed by atoms with Crippen LogP contribution in [0.1, 0.15) is 98.6 Å². The average Bonchev–Trinajstić information content (AvgIpc) is 3.30. The highest BCUT2D eigenvalue weighted by atomic mass is 16.4. The molecule has 3 aromatic heterocycles. The van der Waals surface area contributed by atoms with Crippen LogP contribution in [0.2, 0.25) is 0 Å². The molecule has 1 fully saturated rings. The van der Waals surface area contributed by atoms with Crippen molar-refractivity contribution in [3.05, 3.63) is 157 Å². The molecular formula is C54H60N6O6. The van der Waals surface area contributed by atoms with Crippen LogP contribution in [0, 0.1) is 62.3 Å². The van der Waals surface area contributed by atoms with E-state index in [9.17, 15) is 29.7 Å². The molecular weight excluding hydrogens is 829 g/mol. The van der Waals surface area contributed by atoms with Crippen LogP contribution >= 0.6 is 0 Å². The van der Waals surface area contributed by atoms with Gasteiger partial charge in [0.25, 0.3) is 0 Å². The van der Waals surface area contributed by atoms with E-state index < -0.39 is 17.9 Å². The molecule has 7 rings (SSSR count). The van der Waals surface area contributed by atoms with Crippen molar-refractivity contribution < 1.29 is 29.7 Å². The number of rotatable bonds is 12. The summed E-state index contributed by atoms with van der Waals surface area (Å²) < 4.78 is 0. The molecule has 66 heavy (non-hydrogen) atoms. The maximum atomic E-state index is 12.5. The molecule has 0 bridgehead atoms. The van der Waals surface area contributed by atoms with Gasteiger partial charge in [-0.25, -0.2) is 29.3 Å². The summed E-state index contributed by atoms with van der Waals surface area (Å²) in [6.07, 6.45) is 0. The Morgan fingerprint density at radius 2 is 0.591 bits per heavy atom. The van der Waals surface area contributed by atoms with Gasteiger partial charge in [0.15, 0.2) is 0 Å². The number of carboxylic acid groups (broad SMARTS) is 3. The molecule has 12 heteroatoms. The van der Waals surface area contributed by atoms with Crippen molar-refractivity contribution in [2.75, 3.05) is 39.3 Å². The topological polar surface area (TPSA) is 160 Å². The minimum atomic E-state index is -1.10. The molecule has 342 valence electrons. The third kappa shape index (κ3) is 11.1. The Balaban J connectivity index is 1.25. The highest BCUT2D eigenvalue weighted by Gasteiger charge is 2.23. The van der Waals surface area contributed by atoms with E-state index in [0.717, 1.165) is 83.5 Å². The second kappa shape index (κ2) is 19.9. The standard InChI is InChI=1S/C54H60N6O6/c1-31-16-34(4)49(35(5)17-31)40-22-43(55-46(25-40)52(61)62)28-58-10-12-59(29-44-23-41(26-47(56-44)53(63)64)50-36(6)18-32(2)19-37(50)7)14-15-60(13-11-58)30-45-24-42(27-48(57-45)54(65)66)51-38(8)20-33(3)21-39(51)9/h16-27H,10-15,28-30H2,1-9H3,(H,61,62)(H,63,64)(H,65,66). The summed E-state index contributed by atoms with van der Waals surface area (Å²) in [6, 6.07) is 23.6. The first kappa shape index (κ1) is 47.4. The molecule has 1 aliphatic rings. The van der Waals surface area contributed by atoms with Crippen LogP contribution < -0.4 is 0 Å². The van der Waals surface area contributed by atoms with Crippen molar-refractivity contribution in [1.29, 1.82) is 0 Å². The van der Waals surface area contributed by atoms with E-state index in [1.807, 2.05) is 59.7 Å². The van der Waals surface area contributed by atoms with Crippen molar-refractivity contribution >= 4 is 17.9 Å². The zero-order chi connectivity index (χ0) is 47.6. The van der Waals surface area contributed by atoms with Crippen LogP contribution in [0.5, 0.6) is 0 Å². The van der Waals surface area contributed by atoms with Gasteiger partial charge >= 0.3 is 17.9 Å². The number of aromatic nitrogens is 3. The van der Waals surface area contributed by atoms with Gasteiger partial charge in [0.2, 0.25) is 0 Å². The fourth-order valence-electron chi connectivity index (χ4n) is 10.0. The average molecular weight is 889 g/mol. The largest absolute Gasteiger partial charge is 0.477 e. The number of nitrogens with zero attached hydrogens (tertiary/aromatic N) is 6. The molecule has 3 aromatic carbocycles. The van der Waals surface area contributed by atoms with E-state index in [0.29, 0.717) is 76.0 Å². The summed E-state index contributed by atoms with van der Waals surface area (Å²) in [7, 11) is 0. The third-order valence-electron chi connectivity index (χ3n) is 12.5. The number of hydrogen-bond donors (Lipinski definition) is 3. The number of benzene rings is 3. The second-order valence-electron chi connectivity index (χ2n) is 18.3. The number of pyridine rings is 3. The lowest BCUT2D eigenvalue weighted by Crippen LogP contribution is -2.36. The van der Waals surface area contributed by atoms with Crippen molar-refractivity contribution in [2.45, 2.75) is 81.9 Å². The lowest BCUT2D eigenvalue weighted by molar-refractivity contribution is 0.0679. The van der Waals surface area contributed by atoms with Crippen LogP contribution in [0.4, 0.5) is 0 Å². The van der Waals surface area contributed by atoms with Crippen LogP contribution in [-0.4, -0.2) is 102 Å². The van der Waals surface area contributed by atoms with Gasteiger partial charge in [0.05, 0.1) is 17.1 Å². The normalized spacial score (nSPS) is 14.1. The smallest absolute Gasteiger partial charge is 0.354 e. The lowest BCUT2D eigenvalue weighted by atomic mass is 9.93. The van der Waals surface area contributed by atoms with Crippen LogP contribution in [0.15, 0.2) is 72.8 Å². The van der Waals surface area contributed by atoms with Gasteiger partial charge in [-0.15, -0.1) is 0 Å². The van der Waals surface area contributed by atoms with Crippen LogP contribution in [-0.2, 0) is 19.6 Å². The predicted molar refractivity (Wildman–Crippen MR) is 258 cm³/mol. The van der Waals surface area contributed by atoms with E-state index in [-0.39, 0.29) is 17.1 Å². The van der Waals surface area contributed by atoms with Gasteiger partial charge in [-0.1, -0.05) is 53.1 Å². The Kier molecular flexibility index (Phi) is 14.3. The van der Waals surface area contributed by atoms with Gasteiger partial charge in [-0.3, -0.25) is 14.7 Å². The van der Waals surface area contributed by atoms with Crippen molar-refractivity contribution in [3.63, 3.8) is 0 Å². The zero-order valence-corrected chi connectivity index (χ0v) is 39.5. The second-order valence-corrected chi connectivity index (χ2v) is 18.3. The first-order valence-corrected chi connectivity index (χ1v) is 22.5. The minimum absolute atomic E-state index is 0.0205. The highest BCUT2D eigenvalue weighted by Crippen LogP contribution is 2.33. The number of aryl methyl sites for hydroxylation is 9. The summed E-state index contributed by atoms with van der Waals surface area (Å²) in [5.74, 6) is -3.29. The van der Waals surface area contributed by atoms with Gasteiger partial charge in [-0.2, -0.15) is 0 Å². The molecule has 0 atom stereocenters. The summed E-state index contributed by atoms with van der Waals surface area (Å²) >= 11 is 0. The van der Waals surface area contributed by atoms with E-state index >= 15 is 0 Å². The molecule has 12 nitrogen and oxygen atoms in total. The number of hydrogen-bond acceptors (Lipinski definition) is 9. The molecule has 6 aromatic rings. The number of aromatic carboxylic acids is 3. The maximum Gasteiger partial charge on any atom is 0.354 e. The summed E-state index contributed by atoms with van der Waals surface area (Å²) in [6.45, 7) is 23.2. The molecule has 0 amide bonds. The number of carboxylic acids is 3. The van der Waals surface area contributed by atoms with Crippen molar-refractivity contribution in [3.8, 4) is 33.4 Å². The number of carbonyl (C=O) groups is 3. The Hall–Kier alpha value is -6.60. The Labute approximate surface area is 387 Å². The van der Waals surface area contributed by atoms with E-state index in [1.165, 1.54) is 0 Å². The minimum Gasteiger partial charge on any atom is -0.477 e. The Morgan fingerprint density at radius 1 is 0.379 bits per heavy atom. The van der Waals surface area contributed by atoms with Crippen LogP contribution in [0.3, 0.4) is 0 Å². The van der Waals surface area contributed by atoms with Crippen LogP contribution in [0.25, 0.3) is 33.4 Å². The molecule has 0 radical (unpaired) electrons. The quantitative estimate of drug-likeness (QED) is 0.107. The van der Waals surface area contributed by atoms with Crippen molar-refractivity contribution in [1.82, 2.24) is 29.7 Å². The summed E-state index contributed by atoms with van der Waals surface area (Å²) in [4.78, 5) is 58.3. The molecule has 0 unspecified atom stereocenters. The molecule has 0 saturated carbocycles. The zero-order valence-electron chi connectivity index (χ0n) is 39.5. The SMILES string of the molecule is Cc1cc(C)c(-c2cc(CN3CCN(Cc4cc(-c5c(C)cc(C)cc5C)cc(C(=O)O)n4)CCN(Cc4cc(-c5c(C)cc(C)cc5C)cc(C(=O)O)n4)CC3)nc(C(=O)O)c2)c(C)c1. The predicted octanol–water partition coefficient (Wildman–Crippen LogP) is 9.56. The van der Waals surface area contributed by atoms with Gasteiger partial charge in [0.1, 0.15) is 17.1 Å². The third-order valence-corrected chi connectivity index (χ3v) is 12.5.